The molecule has 0 bridgehead atoms. The number of fused-ring (bicyclic) bond motifs is 1. The summed E-state index contributed by atoms with van der Waals surface area (Å²) < 4.78 is 35.3. The Bertz CT molecular complexity index is 1430. The monoisotopic (exact) mass is 576 g/mol. The van der Waals surface area contributed by atoms with Crippen molar-refractivity contribution in [2.45, 2.75) is 45.0 Å². The molecule has 0 saturated carbocycles. The summed E-state index contributed by atoms with van der Waals surface area (Å²) in [4.78, 5) is 26.6. The molecule has 1 aromatic heterocycles. The first-order valence-corrected chi connectivity index (χ1v) is 13.7. The predicted molar refractivity (Wildman–Crippen MR) is 151 cm³/mol. The largest absolute Gasteiger partial charge is 0.469 e. The number of esters is 1. The van der Waals surface area contributed by atoms with Crippen LogP contribution < -0.4 is 0 Å². The lowest BCUT2D eigenvalue weighted by atomic mass is 9.92. The lowest BCUT2D eigenvalue weighted by molar-refractivity contribution is -0.141. The third kappa shape index (κ3) is 5.99. The number of halogens is 4. The van der Waals surface area contributed by atoms with Gasteiger partial charge in [-0.25, -0.2) is 0 Å². The first kappa shape index (κ1) is 29.1. The zero-order valence-electron chi connectivity index (χ0n) is 22.3. The standard InChI is InChI=1S/C30H32Cl2F2N2O3/c1-5-30(33,34)20-14-18(2)23-16-21(35(3)26(23)15-20)17-24-25(31)8-7-22(28(24)32)29(38)36-12-10-19(11-13-36)6-9-27(37)39-4/h5,7-8,14-16,19H,1,6,9-13,17H2,2-4H3. The van der Waals surface area contributed by atoms with Gasteiger partial charge in [-0.05, 0) is 79.6 Å². The summed E-state index contributed by atoms with van der Waals surface area (Å²) in [7, 11) is 3.20. The number of carbonyl (C=O) groups excluding carboxylic acids is 2. The fraction of sp³-hybridized carbons (Fsp3) is 0.400. The molecular weight excluding hydrogens is 545 g/mol. The number of benzene rings is 2. The second kappa shape index (κ2) is 11.7. The van der Waals surface area contributed by atoms with Crippen molar-refractivity contribution < 1.29 is 23.1 Å². The van der Waals surface area contributed by atoms with Gasteiger partial charge in [-0.15, -0.1) is 0 Å². The summed E-state index contributed by atoms with van der Waals surface area (Å²) in [6.45, 7) is 6.23. The van der Waals surface area contributed by atoms with Gasteiger partial charge in [0.2, 0.25) is 0 Å². The average Bonchev–Trinajstić information content (AvgIpc) is 3.25. The molecular formula is C30H32Cl2F2N2O3. The number of likely N-dealkylation sites (tertiary alicyclic amines) is 1. The zero-order chi connectivity index (χ0) is 28.5. The highest BCUT2D eigenvalue weighted by Crippen LogP contribution is 2.36. The van der Waals surface area contributed by atoms with Gasteiger partial charge in [0.25, 0.3) is 11.8 Å². The van der Waals surface area contributed by atoms with Crippen LogP contribution in [0.15, 0.2) is 43.0 Å². The molecule has 1 amide bonds. The van der Waals surface area contributed by atoms with Gasteiger partial charge in [0, 0.05) is 60.2 Å². The fourth-order valence-electron chi connectivity index (χ4n) is 5.27. The van der Waals surface area contributed by atoms with Crippen molar-refractivity contribution in [2.75, 3.05) is 20.2 Å². The highest BCUT2D eigenvalue weighted by molar-refractivity contribution is 6.38. The normalized spacial score (nSPS) is 14.6. The summed E-state index contributed by atoms with van der Waals surface area (Å²) in [5, 5.41) is 1.57. The van der Waals surface area contributed by atoms with Gasteiger partial charge in [-0.3, -0.25) is 9.59 Å². The van der Waals surface area contributed by atoms with Crippen LogP contribution in [-0.2, 0) is 28.9 Å². The molecule has 4 rings (SSSR count). The van der Waals surface area contributed by atoms with Crippen LogP contribution in [0.2, 0.25) is 10.0 Å². The molecule has 0 N–H and O–H groups in total. The minimum atomic E-state index is -3.14. The Kier molecular flexibility index (Phi) is 8.72. The molecule has 5 nitrogen and oxygen atoms in total. The minimum Gasteiger partial charge on any atom is -0.469 e. The Balaban J connectivity index is 1.56. The maximum absolute atomic E-state index is 14.3. The van der Waals surface area contributed by atoms with E-state index < -0.39 is 5.92 Å². The smallest absolute Gasteiger partial charge is 0.305 e. The lowest BCUT2D eigenvalue weighted by Crippen LogP contribution is -2.38. The van der Waals surface area contributed by atoms with Crippen LogP contribution in [0.25, 0.3) is 10.9 Å². The molecule has 1 aliphatic rings. The van der Waals surface area contributed by atoms with Crippen LogP contribution in [0.1, 0.15) is 58.4 Å². The fourth-order valence-corrected chi connectivity index (χ4v) is 5.85. The number of hydrogen-bond donors (Lipinski definition) is 0. The topological polar surface area (TPSA) is 51.5 Å². The summed E-state index contributed by atoms with van der Waals surface area (Å²) in [6, 6.07) is 8.22. The minimum absolute atomic E-state index is 0.118. The molecule has 3 aromatic rings. The Labute approximate surface area is 237 Å². The molecule has 0 radical (unpaired) electrons. The van der Waals surface area contributed by atoms with E-state index in [9.17, 15) is 18.4 Å². The van der Waals surface area contributed by atoms with E-state index in [1.54, 1.807) is 24.0 Å². The maximum Gasteiger partial charge on any atom is 0.305 e. The van der Waals surface area contributed by atoms with Gasteiger partial charge < -0.3 is 14.2 Å². The Morgan fingerprint density at radius 1 is 1.18 bits per heavy atom. The van der Waals surface area contributed by atoms with Crippen LogP contribution in [0.3, 0.4) is 0 Å². The first-order valence-electron chi connectivity index (χ1n) is 12.9. The third-order valence-electron chi connectivity index (χ3n) is 7.77. The van der Waals surface area contributed by atoms with Crippen molar-refractivity contribution in [1.29, 1.82) is 0 Å². The summed E-state index contributed by atoms with van der Waals surface area (Å²) in [5.41, 5.74) is 3.09. The van der Waals surface area contributed by atoms with Gasteiger partial charge in [0.15, 0.2) is 0 Å². The molecule has 208 valence electrons. The van der Waals surface area contributed by atoms with Crippen molar-refractivity contribution in [3.63, 3.8) is 0 Å². The molecule has 0 aliphatic carbocycles. The van der Waals surface area contributed by atoms with Gasteiger partial charge >= 0.3 is 5.97 Å². The lowest BCUT2D eigenvalue weighted by Gasteiger charge is -2.32. The van der Waals surface area contributed by atoms with Gasteiger partial charge in [-0.2, -0.15) is 8.78 Å². The van der Waals surface area contributed by atoms with Crippen molar-refractivity contribution >= 4 is 46.0 Å². The van der Waals surface area contributed by atoms with E-state index in [2.05, 4.69) is 6.58 Å². The van der Waals surface area contributed by atoms with Crippen LogP contribution in [-0.4, -0.2) is 41.5 Å². The number of methoxy groups -OCH3 is 1. The number of nitrogens with zero attached hydrogens (tertiary/aromatic N) is 2. The zero-order valence-corrected chi connectivity index (χ0v) is 23.8. The summed E-state index contributed by atoms with van der Waals surface area (Å²) in [5.74, 6) is -3.15. The predicted octanol–water partition coefficient (Wildman–Crippen LogP) is 7.47. The number of aromatic nitrogens is 1. The number of ether oxygens (including phenoxy) is 1. The van der Waals surface area contributed by atoms with Crippen LogP contribution in [0.5, 0.6) is 0 Å². The quantitative estimate of drug-likeness (QED) is 0.206. The molecule has 1 saturated heterocycles. The molecule has 2 aromatic carbocycles. The second-order valence-corrected chi connectivity index (χ2v) is 10.9. The highest BCUT2D eigenvalue weighted by atomic mass is 35.5. The van der Waals surface area contributed by atoms with Crippen molar-refractivity contribution in [1.82, 2.24) is 9.47 Å². The highest BCUT2D eigenvalue weighted by Gasteiger charge is 2.29. The van der Waals surface area contributed by atoms with E-state index in [0.717, 1.165) is 35.9 Å². The summed E-state index contributed by atoms with van der Waals surface area (Å²) >= 11 is 13.3. The molecule has 2 heterocycles. The molecule has 0 atom stereocenters. The maximum atomic E-state index is 14.3. The van der Waals surface area contributed by atoms with E-state index in [0.29, 0.717) is 64.6 Å². The van der Waals surface area contributed by atoms with Gasteiger partial charge in [-0.1, -0.05) is 29.8 Å². The van der Waals surface area contributed by atoms with Crippen molar-refractivity contribution in [2.24, 2.45) is 13.0 Å². The Hall–Kier alpha value is -2.90. The van der Waals surface area contributed by atoms with E-state index >= 15 is 0 Å². The number of aryl methyl sites for hydroxylation is 2. The van der Waals surface area contributed by atoms with E-state index in [-0.39, 0.29) is 17.4 Å². The number of rotatable bonds is 8. The number of amides is 1. The van der Waals surface area contributed by atoms with Crippen LogP contribution >= 0.6 is 23.2 Å². The molecule has 0 unspecified atom stereocenters. The number of allylic oxidation sites excluding steroid dienone is 1. The molecule has 1 aliphatic heterocycles. The van der Waals surface area contributed by atoms with Gasteiger partial charge in [0.05, 0.1) is 17.7 Å². The van der Waals surface area contributed by atoms with Crippen LogP contribution in [0, 0.1) is 12.8 Å². The van der Waals surface area contributed by atoms with Crippen molar-refractivity contribution in [3.8, 4) is 0 Å². The van der Waals surface area contributed by atoms with Crippen LogP contribution in [0.4, 0.5) is 8.78 Å². The van der Waals surface area contributed by atoms with E-state index in [1.807, 2.05) is 17.7 Å². The average molecular weight is 577 g/mol. The SMILES string of the molecule is C=CC(F)(F)c1cc(C)c2cc(Cc3c(Cl)ccc(C(=O)N4CCC(CCC(=O)OC)CC4)c3Cl)n(C)c2c1. The third-order valence-corrected chi connectivity index (χ3v) is 8.56. The molecule has 39 heavy (non-hydrogen) atoms. The number of carbonyl (C=O) groups is 2. The van der Waals surface area contributed by atoms with E-state index in [1.165, 1.54) is 19.2 Å². The Morgan fingerprint density at radius 3 is 2.51 bits per heavy atom. The molecule has 9 heteroatoms. The molecule has 0 spiro atoms. The number of hydrogen-bond acceptors (Lipinski definition) is 3. The molecule has 1 fully saturated rings. The van der Waals surface area contributed by atoms with E-state index in [4.69, 9.17) is 27.9 Å². The van der Waals surface area contributed by atoms with Gasteiger partial charge in [0.1, 0.15) is 0 Å². The number of piperidine rings is 1. The second-order valence-electron chi connectivity index (χ2n) is 10.2. The Morgan fingerprint density at radius 2 is 1.87 bits per heavy atom. The number of alkyl halides is 2. The first-order chi connectivity index (χ1) is 18.5. The van der Waals surface area contributed by atoms with Crippen molar-refractivity contribution in [3.05, 3.63) is 81.0 Å². The summed E-state index contributed by atoms with van der Waals surface area (Å²) in [6.07, 6.45) is 3.72.